The van der Waals surface area contributed by atoms with Crippen LogP contribution in [0.5, 0.6) is 5.75 Å². The van der Waals surface area contributed by atoms with E-state index in [4.69, 9.17) is 0 Å². The van der Waals surface area contributed by atoms with Crippen molar-refractivity contribution in [2.24, 2.45) is 0 Å². The van der Waals surface area contributed by atoms with Gasteiger partial charge in [-0.2, -0.15) is 13.2 Å². The highest BCUT2D eigenvalue weighted by atomic mass is 19.3. The van der Waals surface area contributed by atoms with Crippen LogP contribution in [0.3, 0.4) is 0 Å². The summed E-state index contributed by atoms with van der Waals surface area (Å²) in [4.78, 5) is 25.6. The molecule has 1 aliphatic heterocycles. The number of nitrogens with zero attached hydrogens (tertiary/aromatic N) is 4. The van der Waals surface area contributed by atoms with Crippen molar-refractivity contribution in [2.75, 3.05) is 24.5 Å². The minimum Gasteiger partial charge on any atom is -0.435 e. The number of nitrogens with one attached hydrogen (secondary N) is 1. The Hall–Kier alpha value is -3.66. The molecule has 0 aliphatic carbocycles. The van der Waals surface area contributed by atoms with Gasteiger partial charge in [0.05, 0.1) is 11.3 Å². The highest BCUT2D eigenvalue weighted by Gasteiger charge is 2.28. The molecule has 41 heavy (non-hydrogen) atoms. The predicted octanol–water partition coefficient (Wildman–Crippen LogP) is 5.82. The lowest BCUT2D eigenvalue weighted by Crippen LogP contribution is -2.48. The van der Waals surface area contributed by atoms with Gasteiger partial charge in [0.1, 0.15) is 5.75 Å². The average molecular weight is 570 g/mol. The summed E-state index contributed by atoms with van der Waals surface area (Å²) in [6, 6.07) is 10.6. The quantitative estimate of drug-likeness (QED) is 0.294. The van der Waals surface area contributed by atoms with Gasteiger partial charge in [0.15, 0.2) is 0 Å². The van der Waals surface area contributed by atoms with Crippen molar-refractivity contribution in [3.8, 4) is 5.75 Å². The van der Waals surface area contributed by atoms with Crippen LogP contribution in [0.4, 0.5) is 18.9 Å². The van der Waals surface area contributed by atoms with Crippen molar-refractivity contribution in [1.82, 2.24) is 20.2 Å². The molecular formula is C31H38F3N5O2. The fourth-order valence-electron chi connectivity index (χ4n) is 5.53. The largest absolute Gasteiger partial charge is 0.435 e. The molecule has 1 unspecified atom stereocenters. The maximum absolute atomic E-state index is 13.5. The van der Waals surface area contributed by atoms with Gasteiger partial charge in [-0.1, -0.05) is 0 Å². The molecule has 1 amide bonds. The average Bonchev–Trinajstić information content (AvgIpc) is 2.92. The monoisotopic (exact) mass is 569 g/mol. The highest BCUT2D eigenvalue weighted by Crippen LogP contribution is 2.29. The normalized spacial score (nSPS) is 15.1. The fraction of sp³-hybridized carbons (Fsp3) is 0.452. The van der Waals surface area contributed by atoms with Crippen molar-refractivity contribution >= 4 is 11.6 Å². The molecule has 1 atom stereocenters. The lowest BCUT2D eigenvalue weighted by molar-refractivity contribution is -0.0498. The minimum atomic E-state index is -2.86. The van der Waals surface area contributed by atoms with E-state index >= 15 is 0 Å². The zero-order chi connectivity index (χ0) is 29.5. The number of benzene rings is 1. The molecule has 0 spiro atoms. The number of ether oxygens (including phenoxy) is 1. The highest BCUT2D eigenvalue weighted by molar-refractivity contribution is 5.96. The number of aryl methyl sites for hydroxylation is 3. The van der Waals surface area contributed by atoms with E-state index in [-0.39, 0.29) is 23.7 Å². The second-order valence-corrected chi connectivity index (χ2v) is 10.7. The van der Waals surface area contributed by atoms with Gasteiger partial charge in [0, 0.05) is 56.3 Å². The van der Waals surface area contributed by atoms with Gasteiger partial charge in [0.25, 0.3) is 5.91 Å². The van der Waals surface area contributed by atoms with Gasteiger partial charge < -0.3 is 19.9 Å². The Labute approximate surface area is 239 Å². The van der Waals surface area contributed by atoms with Gasteiger partial charge in [-0.15, -0.1) is 0 Å². The summed E-state index contributed by atoms with van der Waals surface area (Å²) in [5, 5.41) is 2.97. The molecule has 220 valence electrons. The standard InChI is InChI=1S/C31H38F3N5O2/c1-20-9-13-35-18-24(20)19-39(25-5-7-27(8-6-25)41-31(33)34)26-11-15-38(16-12-26)22(3)10-14-36-30(40)29-21(2)17-28(32)37-23(29)4/h5-9,13,17-18,22,26,31H,10-12,14-16,19H2,1-4H3,(H,36,40). The summed E-state index contributed by atoms with van der Waals surface area (Å²) in [5.74, 6) is -0.678. The molecular weight excluding hydrogens is 531 g/mol. The molecule has 7 nitrogen and oxygen atoms in total. The number of amides is 1. The van der Waals surface area contributed by atoms with Crippen LogP contribution in [0.25, 0.3) is 0 Å². The molecule has 1 saturated heterocycles. The van der Waals surface area contributed by atoms with Crippen LogP contribution >= 0.6 is 0 Å². The van der Waals surface area contributed by atoms with Gasteiger partial charge in [0.2, 0.25) is 5.95 Å². The summed E-state index contributed by atoms with van der Waals surface area (Å²) in [7, 11) is 0. The molecule has 1 fully saturated rings. The Morgan fingerprint density at radius 2 is 1.83 bits per heavy atom. The van der Waals surface area contributed by atoms with Crippen LogP contribution in [-0.4, -0.2) is 59.1 Å². The first-order valence-electron chi connectivity index (χ1n) is 14.0. The number of hydrogen-bond donors (Lipinski definition) is 1. The smallest absolute Gasteiger partial charge is 0.387 e. The maximum Gasteiger partial charge on any atom is 0.387 e. The van der Waals surface area contributed by atoms with Crippen LogP contribution in [0.1, 0.15) is 58.9 Å². The molecule has 3 aromatic rings. The molecule has 0 bridgehead atoms. The van der Waals surface area contributed by atoms with E-state index in [2.05, 4.69) is 43.7 Å². The van der Waals surface area contributed by atoms with E-state index in [1.807, 2.05) is 24.4 Å². The summed E-state index contributed by atoms with van der Waals surface area (Å²) in [6.45, 7) is 7.69. The third-order valence-electron chi connectivity index (χ3n) is 7.89. The Morgan fingerprint density at radius 3 is 2.46 bits per heavy atom. The maximum atomic E-state index is 13.5. The predicted molar refractivity (Wildman–Crippen MR) is 153 cm³/mol. The number of hydrogen-bond acceptors (Lipinski definition) is 6. The molecule has 0 saturated carbocycles. The van der Waals surface area contributed by atoms with Gasteiger partial charge >= 0.3 is 6.61 Å². The SMILES string of the molecule is Cc1ccncc1CN(c1ccc(OC(F)F)cc1)C1CCN(C(C)CCNC(=O)c2c(C)cc(F)nc2C)CC1. The molecule has 3 heterocycles. The lowest BCUT2D eigenvalue weighted by Gasteiger charge is -2.42. The van der Waals surface area contributed by atoms with Gasteiger partial charge in [-0.3, -0.25) is 9.78 Å². The minimum absolute atomic E-state index is 0.137. The Morgan fingerprint density at radius 1 is 1.12 bits per heavy atom. The third-order valence-corrected chi connectivity index (χ3v) is 7.89. The number of alkyl halides is 2. The number of aromatic nitrogens is 2. The lowest BCUT2D eigenvalue weighted by atomic mass is 9.99. The molecule has 2 aromatic heterocycles. The summed E-state index contributed by atoms with van der Waals surface area (Å²) in [5.41, 5.74) is 4.61. The third kappa shape index (κ3) is 7.97. The van der Waals surface area contributed by atoms with E-state index in [1.165, 1.54) is 6.07 Å². The molecule has 0 radical (unpaired) electrons. The Bertz CT molecular complexity index is 1290. The van der Waals surface area contributed by atoms with E-state index in [9.17, 15) is 18.0 Å². The number of carbonyl (C=O) groups excluding carboxylic acids is 1. The van der Waals surface area contributed by atoms with Crippen molar-refractivity contribution in [3.05, 3.63) is 82.7 Å². The number of piperidine rings is 1. The Kier molecular flexibility index (Phi) is 10.2. The van der Waals surface area contributed by atoms with Crippen molar-refractivity contribution in [3.63, 3.8) is 0 Å². The van der Waals surface area contributed by atoms with E-state index in [1.54, 1.807) is 32.2 Å². The number of pyridine rings is 2. The van der Waals surface area contributed by atoms with Crippen LogP contribution in [0.15, 0.2) is 48.8 Å². The van der Waals surface area contributed by atoms with Gasteiger partial charge in [-0.05, 0) is 100 Å². The van der Waals surface area contributed by atoms with Crippen LogP contribution in [0.2, 0.25) is 0 Å². The molecule has 10 heteroatoms. The number of halogens is 3. The second-order valence-electron chi connectivity index (χ2n) is 10.7. The number of anilines is 1. The zero-order valence-electron chi connectivity index (χ0n) is 24.0. The van der Waals surface area contributed by atoms with E-state index in [0.717, 1.165) is 49.2 Å². The van der Waals surface area contributed by atoms with Crippen LogP contribution in [-0.2, 0) is 6.54 Å². The van der Waals surface area contributed by atoms with Crippen molar-refractivity contribution in [2.45, 2.75) is 72.2 Å². The molecule has 1 N–H and O–H groups in total. The second kappa shape index (κ2) is 13.8. The summed E-state index contributed by atoms with van der Waals surface area (Å²) >= 11 is 0. The summed E-state index contributed by atoms with van der Waals surface area (Å²) < 4.78 is 43.4. The number of carbonyl (C=O) groups is 1. The summed E-state index contributed by atoms with van der Waals surface area (Å²) in [6.07, 6.45) is 6.32. The van der Waals surface area contributed by atoms with E-state index < -0.39 is 12.6 Å². The Balaban J connectivity index is 1.35. The zero-order valence-corrected chi connectivity index (χ0v) is 24.0. The topological polar surface area (TPSA) is 70.6 Å². The molecule has 4 rings (SSSR count). The molecule has 1 aromatic carbocycles. The first-order valence-corrected chi connectivity index (χ1v) is 14.0. The van der Waals surface area contributed by atoms with Crippen LogP contribution in [0, 0.1) is 26.7 Å². The fourth-order valence-corrected chi connectivity index (χ4v) is 5.53. The first-order chi connectivity index (χ1) is 19.6. The first kappa shape index (κ1) is 30.3. The molecule has 1 aliphatic rings. The van der Waals surface area contributed by atoms with Crippen molar-refractivity contribution < 1.29 is 22.7 Å². The number of likely N-dealkylation sites (tertiary alicyclic amines) is 1. The van der Waals surface area contributed by atoms with Gasteiger partial charge in [-0.25, -0.2) is 4.98 Å². The van der Waals surface area contributed by atoms with Crippen molar-refractivity contribution in [1.29, 1.82) is 0 Å². The van der Waals surface area contributed by atoms with Crippen LogP contribution < -0.4 is 15.0 Å². The van der Waals surface area contributed by atoms with E-state index in [0.29, 0.717) is 29.9 Å². The number of rotatable bonds is 11.